The van der Waals surface area contributed by atoms with Gasteiger partial charge in [0.25, 0.3) is 5.91 Å². The van der Waals surface area contributed by atoms with E-state index in [0.29, 0.717) is 35.5 Å². The van der Waals surface area contributed by atoms with E-state index in [-0.39, 0.29) is 5.91 Å². The molecule has 1 aromatic carbocycles. The van der Waals surface area contributed by atoms with Gasteiger partial charge in [-0.3, -0.25) is 9.69 Å². The van der Waals surface area contributed by atoms with E-state index in [9.17, 15) is 4.79 Å². The molecule has 1 saturated heterocycles. The fourth-order valence-corrected chi connectivity index (χ4v) is 4.88. The van der Waals surface area contributed by atoms with Gasteiger partial charge in [0.1, 0.15) is 5.82 Å². The van der Waals surface area contributed by atoms with Gasteiger partial charge in [0.15, 0.2) is 0 Å². The number of rotatable bonds is 9. The first kappa shape index (κ1) is 22.9. The molecular weight excluding hydrogens is 448 g/mol. The number of carbonyl (C=O) groups is 1. The molecule has 0 unspecified atom stereocenters. The van der Waals surface area contributed by atoms with Crippen LogP contribution in [0.4, 0.5) is 5.82 Å². The van der Waals surface area contributed by atoms with E-state index in [0.717, 1.165) is 60.5 Å². The number of morpholine rings is 1. The van der Waals surface area contributed by atoms with Gasteiger partial charge in [-0.1, -0.05) is 23.7 Å². The maximum absolute atomic E-state index is 12.6. The standard InChI is InChI=1S/C23H27ClN4O3S/c24-19-13-20(32-21(19)15-31-9-1-6-28-7-10-30-11-8-28)23(29)27-14-16-2-3-18-17(12-16)4-5-26-22(18)25/h2-5,12-13H,1,6-11,14-15H2,(H2,25,26)(H,27,29). The van der Waals surface area contributed by atoms with Crippen LogP contribution in [-0.2, 0) is 22.6 Å². The number of nitrogens with zero attached hydrogens (tertiary/aromatic N) is 2. The Labute approximate surface area is 196 Å². The Bertz CT molecular complexity index is 1070. The van der Waals surface area contributed by atoms with E-state index >= 15 is 0 Å². The number of nitrogen functional groups attached to an aromatic ring is 1. The minimum absolute atomic E-state index is 0.148. The molecule has 0 bridgehead atoms. The summed E-state index contributed by atoms with van der Waals surface area (Å²) in [7, 11) is 0. The van der Waals surface area contributed by atoms with Gasteiger partial charge in [-0.25, -0.2) is 4.98 Å². The van der Waals surface area contributed by atoms with Crippen LogP contribution in [0.25, 0.3) is 10.8 Å². The van der Waals surface area contributed by atoms with E-state index in [1.807, 2.05) is 24.3 Å². The summed E-state index contributed by atoms with van der Waals surface area (Å²) >= 11 is 7.70. The molecule has 4 rings (SSSR count). The van der Waals surface area contributed by atoms with E-state index in [2.05, 4.69) is 15.2 Å². The van der Waals surface area contributed by atoms with Crippen molar-refractivity contribution in [1.82, 2.24) is 15.2 Å². The van der Waals surface area contributed by atoms with Crippen molar-refractivity contribution in [2.24, 2.45) is 0 Å². The molecular formula is C23H27ClN4O3S. The number of anilines is 1. The van der Waals surface area contributed by atoms with Crippen LogP contribution in [0.15, 0.2) is 36.5 Å². The van der Waals surface area contributed by atoms with Crippen molar-refractivity contribution in [3.63, 3.8) is 0 Å². The highest BCUT2D eigenvalue weighted by Crippen LogP contribution is 2.28. The minimum Gasteiger partial charge on any atom is -0.383 e. The van der Waals surface area contributed by atoms with Crippen LogP contribution < -0.4 is 11.1 Å². The summed E-state index contributed by atoms with van der Waals surface area (Å²) in [5, 5.41) is 5.43. The second-order valence-corrected chi connectivity index (χ2v) is 9.22. The summed E-state index contributed by atoms with van der Waals surface area (Å²) in [5.41, 5.74) is 6.89. The van der Waals surface area contributed by atoms with Crippen molar-refractivity contribution in [3.05, 3.63) is 56.9 Å². The van der Waals surface area contributed by atoms with Crippen LogP contribution >= 0.6 is 22.9 Å². The van der Waals surface area contributed by atoms with Crippen molar-refractivity contribution in [2.75, 3.05) is 45.2 Å². The van der Waals surface area contributed by atoms with Gasteiger partial charge >= 0.3 is 0 Å². The zero-order valence-corrected chi connectivity index (χ0v) is 19.4. The van der Waals surface area contributed by atoms with Crippen molar-refractivity contribution in [2.45, 2.75) is 19.6 Å². The number of amides is 1. The molecule has 3 aromatic rings. The summed E-state index contributed by atoms with van der Waals surface area (Å²) in [5.74, 6) is 0.354. The Balaban J connectivity index is 1.24. The number of aromatic nitrogens is 1. The second kappa shape index (κ2) is 11.1. The van der Waals surface area contributed by atoms with Crippen molar-refractivity contribution >= 4 is 45.4 Å². The molecule has 9 heteroatoms. The molecule has 3 N–H and O–H groups in total. The summed E-state index contributed by atoms with van der Waals surface area (Å²) in [6.07, 6.45) is 2.64. The van der Waals surface area contributed by atoms with Gasteiger partial charge in [-0.2, -0.15) is 0 Å². The Morgan fingerprint density at radius 1 is 1.28 bits per heavy atom. The third-order valence-electron chi connectivity index (χ3n) is 5.39. The molecule has 1 aliphatic heterocycles. The molecule has 1 aliphatic rings. The predicted molar refractivity (Wildman–Crippen MR) is 128 cm³/mol. The summed E-state index contributed by atoms with van der Waals surface area (Å²) in [4.78, 5) is 20.5. The number of nitrogens with two attached hydrogens (primary N) is 1. The number of fused-ring (bicyclic) bond motifs is 1. The van der Waals surface area contributed by atoms with Crippen LogP contribution in [-0.4, -0.2) is 55.2 Å². The lowest BCUT2D eigenvalue weighted by molar-refractivity contribution is 0.0311. The molecule has 0 spiro atoms. The first-order chi connectivity index (χ1) is 15.6. The second-order valence-electron chi connectivity index (χ2n) is 7.68. The summed E-state index contributed by atoms with van der Waals surface area (Å²) in [6.45, 7) is 6.09. The van der Waals surface area contributed by atoms with E-state index < -0.39 is 0 Å². The quantitative estimate of drug-likeness (QED) is 0.459. The molecule has 32 heavy (non-hydrogen) atoms. The van der Waals surface area contributed by atoms with Crippen molar-refractivity contribution < 1.29 is 14.3 Å². The summed E-state index contributed by atoms with van der Waals surface area (Å²) < 4.78 is 11.1. The fraction of sp³-hybridized carbons (Fsp3) is 0.391. The van der Waals surface area contributed by atoms with Crippen LogP contribution in [0.2, 0.25) is 5.02 Å². The maximum atomic E-state index is 12.6. The molecule has 0 aliphatic carbocycles. The van der Waals surface area contributed by atoms with Crippen molar-refractivity contribution in [3.8, 4) is 0 Å². The number of carbonyl (C=O) groups excluding carboxylic acids is 1. The normalized spacial score (nSPS) is 14.7. The molecule has 7 nitrogen and oxygen atoms in total. The average Bonchev–Trinajstić information content (AvgIpc) is 3.18. The van der Waals surface area contributed by atoms with Gasteiger partial charge in [-0.05, 0) is 35.6 Å². The number of nitrogens with one attached hydrogen (secondary N) is 1. The molecule has 1 amide bonds. The molecule has 2 aromatic heterocycles. The lowest BCUT2D eigenvalue weighted by Gasteiger charge is -2.26. The Morgan fingerprint density at radius 3 is 2.97 bits per heavy atom. The van der Waals surface area contributed by atoms with Gasteiger partial charge < -0.3 is 20.5 Å². The molecule has 170 valence electrons. The zero-order chi connectivity index (χ0) is 22.3. The lowest BCUT2D eigenvalue weighted by Crippen LogP contribution is -2.37. The monoisotopic (exact) mass is 474 g/mol. The largest absolute Gasteiger partial charge is 0.383 e. The third-order valence-corrected chi connectivity index (χ3v) is 6.95. The predicted octanol–water partition coefficient (Wildman–Crippen LogP) is 3.70. The number of pyridine rings is 1. The lowest BCUT2D eigenvalue weighted by atomic mass is 10.1. The SMILES string of the molecule is Nc1nccc2cc(CNC(=O)c3cc(Cl)c(COCCCN4CCOCC4)s3)ccc12. The van der Waals surface area contributed by atoms with Crippen LogP contribution in [0, 0.1) is 0 Å². The van der Waals surface area contributed by atoms with Gasteiger partial charge in [-0.15, -0.1) is 11.3 Å². The first-order valence-electron chi connectivity index (χ1n) is 10.7. The number of ether oxygens (including phenoxy) is 2. The van der Waals surface area contributed by atoms with E-state index in [1.54, 1.807) is 12.3 Å². The fourth-order valence-electron chi connectivity index (χ4n) is 3.63. The average molecular weight is 475 g/mol. The Morgan fingerprint density at radius 2 is 2.12 bits per heavy atom. The zero-order valence-electron chi connectivity index (χ0n) is 17.8. The van der Waals surface area contributed by atoms with Crippen molar-refractivity contribution in [1.29, 1.82) is 0 Å². The highest BCUT2D eigenvalue weighted by molar-refractivity contribution is 7.14. The highest BCUT2D eigenvalue weighted by Gasteiger charge is 2.14. The molecule has 3 heterocycles. The number of benzene rings is 1. The first-order valence-corrected chi connectivity index (χ1v) is 11.9. The van der Waals surface area contributed by atoms with E-state index in [4.69, 9.17) is 26.8 Å². The van der Waals surface area contributed by atoms with Crippen LogP contribution in [0.3, 0.4) is 0 Å². The summed E-state index contributed by atoms with van der Waals surface area (Å²) in [6, 6.07) is 9.49. The topological polar surface area (TPSA) is 89.7 Å². The van der Waals surface area contributed by atoms with Gasteiger partial charge in [0.2, 0.25) is 0 Å². The van der Waals surface area contributed by atoms with Crippen LogP contribution in [0.5, 0.6) is 0 Å². The number of thiophene rings is 1. The molecule has 0 radical (unpaired) electrons. The maximum Gasteiger partial charge on any atom is 0.261 e. The molecule has 0 saturated carbocycles. The Hall–Kier alpha value is -2.23. The minimum atomic E-state index is -0.148. The number of hydrogen-bond acceptors (Lipinski definition) is 7. The molecule has 0 atom stereocenters. The molecule has 1 fully saturated rings. The highest BCUT2D eigenvalue weighted by atomic mass is 35.5. The smallest absolute Gasteiger partial charge is 0.261 e. The third kappa shape index (κ3) is 5.96. The number of hydrogen-bond donors (Lipinski definition) is 2. The van der Waals surface area contributed by atoms with E-state index in [1.165, 1.54) is 11.3 Å². The van der Waals surface area contributed by atoms with Gasteiger partial charge in [0.05, 0.1) is 29.7 Å². The number of halogens is 1. The van der Waals surface area contributed by atoms with Gasteiger partial charge in [0, 0.05) is 49.2 Å². The van der Waals surface area contributed by atoms with Crippen LogP contribution in [0.1, 0.15) is 26.5 Å². The Kier molecular flexibility index (Phi) is 7.94.